The molecule has 1 aromatic rings. The minimum atomic E-state index is -5.62. The zero-order valence-electron chi connectivity index (χ0n) is 11.3. The molecule has 1 fully saturated rings. The van der Waals surface area contributed by atoms with Crippen LogP contribution in [0.5, 0.6) is 0 Å². The third-order valence-corrected chi connectivity index (χ3v) is 8.08. The molecule has 1 aromatic carbocycles. The Morgan fingerprint density at radius 3 is 2.14 bits per heavy atom. The Bertz CT molecular complexity index is 645. The van der Waals surface area contributed by atoms with Gasteiger partial charge < -0.3 is 0 Å². The van der Waals surface area contributed by atoms with Gasteiger partial charge in [-0.1, -0.05) is 22.4 Å². The van der Waals surface area contributed by atoms with Crippen molar-refractivity contribution < 1.29 is 29.6 Å². The summed E-state index contributed by atoms with van der Waals surface area (Å²) in [6, 6.07) is 5.33. The van der Waals surface area contributed by atoms with E-state index in [9.17, 15) is 26.0 Å². The van der Waals surface area contributed by atoms with Gasteiger partial charge in [0.15, 0.2) is 0 Å². The SMILES string of the molecule is O=S(=O)(OS1(/C=C/c2ccc(F)cc2)CCCC1)C(F)(F)F. The number of alkyl halides is 3. The highest BCUT2D eigenvalue weighted by Gasteiger charge is 2.51. The molecule has 2 rings (SSSR count). The van der Waals surface area contributed by atoms with Gasteiger partial charge in [-0.05, 0) is 42.0 Å². The van der Waals surface area contributed by atoms with E-state index in [1.165, 1.54) is 35.7 Å². The Labute approximate surface area is 127 Å². The molecule has 124 valence electrons. The van der Waals surface area contributed by atoms with E-state index in [1.807, 2.05) is 0 Å². The molecule has 0 unspecified atom stereocenters. The predicted octanol–water partition coefficient (Wildman–Crippen LogP) is 4.18. The molecule has 1 aliphatic rings. The van der Waals surface area contributed by atoms with Crippen LogP contribution in [0.4, 0.5) is 17.6 Å². The van der Waals surface area contributed by atoms with Crippen molar-refractivity contribution in [3.63, 3.8) is 0 Å². The zero-order chi connectivity index (χ0) is 16.4. The molecule has 22 heavy (non-hydrogen) atoms. The third kappa shape index (κ3) is 4.02. The average Bonchev–Trinajstić information content (AvgIpc) is 2.85. The third-order valence-electron chi connectivity index (χ3n) is 3.12. The summed E-state index contributed by atoms with van der Waals surface area (Å²) < 4.78 is 77.4. The second-order valence-electron chi connectivity index (χ2n) is 4.81. The summed E-state index contributed by atoms with van der Waals surface area (Å²) in [5.74, 6) is 0.0935. The van der Waals surface area contributed by atoms with Crippen molar-refractivity contribution >= 4 is 26.5 Å². The zero-order valence-corrected chi connectivity index (χ0v) is 13.0. The van der Waals surface area contributed by atoms with E-state index < -0.39 is 31.8 Å². The van der Waals surface area contributed by atoms with Gasteiger partial charge in [-0.25, -0.2) is 8.02 Å². The standard InChI is InChI=1S/C13H14F4O3S2/c14-12-5-3-11(4-6-12)7-10-21(8-1-2-9-21)20-22(18,19)13(15,16)17/h3-7,10H,1-2,8-9H2/b10-7+. The van der Waals surface area contributed by atoms with E-state index in [0.717, 1.165) is 0 Å². The Morgan fingerprint density at radius 2 is 1.64 bits per heavy atom. The van der Waals surface area contributed by atoms with Gasteiger partial charge in [-0.3, -0.25) is 0 Å². The fraction of sp³-hybridized carbons (Fsp3) is 0.385. The second-order valence-corrected chi connectivity index (χ2v) is 9.55. The minimum Gasteiger partial charge on any atom is -0.209 e. The lowest BCUT2D eigenvalue weighted by atomic mass is 10.2. The van der Waals surface area contributed by atoms with Crippen molar-refractivity contribution in [3.05, 3.63) is 41.1 Å². The maximum atomic E-state index is 12.8. The van der Waals surface area contributed by atoms with Crippen LogP contribution >= 0.6 is 10.3 Å². The van der Waals surface area contributed by atoms with E-state index in [2.05, 4.69) is 3.63 Å². The fourth-order valence-corrected chi connectivity index (χ4v) is 6.74. The first-order chi connectivity index (χ1) is 10.1. The summed E-state index contributed by atoms with van der Waals surface area (Å²) in [5.41, 5.74) is -4.87. The van der Waals surface area contributed by atoms with Crippen molar-refractivity contribution in [2.75, 3.05) is 11.5 Å². The van der Waals surface area contributed by atoms with Gasteiger partial charge in [-0.15, -0.1) is 0 Å². The molecule has 0 spiro atoms. The number of rotatable bonds is 4. The van der Waals surface area contributed by atoms with Crippen molar-refractivity contribution in [1.29, 1.82) is 0 Å². The van der Waals surface area contributed by atoms with Gasteiger partial charge in [-0.2, -0.15) is 21.6 Å². The average molecular weight is 358 g/mol. The topological polar surface area (TPSA) is 43.4 Å². The normalized spacial score (nSPS) is 20.4. The summed E-state index contributed by atoms with van der Waals surface area (Å²) >= 11 is 0. The van der Waals surface area contributed by atoms with Crippen LogP contribution in [0, 0.1) is 5.82 Å². The van der Waals surface area contributed by atoms with Crippen LogP contribution in [-0.4, -0.2) is 25.4 Å². The van der Waals surface area contributed by atoms with Gasteiger partial charge >= 0.3 is 15.6 Å². The van der Waals surface area contributed by atoms with E-state index >= 15 is 0 Å². The first kappa shape index (κ1) is 17.3. The molecule has 3 nitrogen and oxygen atoms in total. The molecule has 0 atom stereocenters. The van der Waals surface area contributed by atoms with Gasteiger partial charge in [0.2, 0.25) is 0 Å². The molecule has 1 aliphatic heterocycles. The highest BCUT2D eigenvalue weighted by molar-refractivity contribution is 8.35. The summed E-state index contributed by atoms with van der Waals surface area (Å²) in [5, 5.41) is 1.40. The van der Waals surface area contributed by atoms with Crippen LogP contribution in [0.1, 0.15) is 18.4 Å². The number of benzene rings is 1. The number of hydrogen-bond donors (Lipinski definition) is 0. The molecule has 1 saturated heterocycles. The van der Waals surface area contributed by atoms with E-state index in [1.54, 1.807) is 0 Å². The second kappa shape index (κ2) is 6.21. The maximum absolute atomic E-state index is 12.8. The Kier molecular flexibility index (Phi) is 4.88. The summed E-state index contributed by atoms with van der Waals surface area (Å²) in [4.78, 5) is 0. The van der Waals surface area contributed by atoms with Crippen LogP contribution < -0.4 is 0 Å². The van der Waals surface area contributed by atoms with Gasteiger partial charge in [0.25, 0.3) is 0 Å². The lowest BCUT2D eigenvalue weighted by molar-refractivity contribution is -0.0495. The lowest BCUT2D eigenvalue weighted by Crippen LogP contribution is -2.27. The van der Waals surface area contributed by atoms with Gasteiger partial charge in [0.05, 0.1) is 0 Å². The highest BCUT2D eigenvalue weighted by atomic mass is 32.3. The van der Waals surface area contributed by atoms with Gasteiger partial charge in [0.1, 0.15) is 5.82 Å². The van der Waals surface area contributed by atoms with Crippen molar-refractivity contribution in [1.82, 2.24) is 0 Å². The highest BCUT2D eigenvalue weighted by Crippen LogP contribution is 2.59. The molecule has 1 heterocycles. The molecule has 0 bridgehead atoms. The fourth-order valence-electron chi connectivity index (χ4n) is 2.02. The van der Waals surface area contributed by atoms with Gasteiger partial charge in [0, 0.05) is 11.5 Å². The number of hydrogen-bond acceptors (Lipinski definition) is 3. The molecular weight excluding hydrogens is 344 g/mol. The maximum Gasteiger partial charge on any atom is 0.523 e. The first-order valence-electron chi connectivity index (χ1n) is 6.38. The van der Waals surface area contributed by atoms with Crippen LogP contribution in [0.15, 0.2) is 29.7 Å². The summed E-state index contributed by atoms with van der Waals surface area (Å²) in [6.45, 7) is 0. The Morgan fingerprint density at radius 1 is 1.09 bits per heavy atom. The predicted molar refractivity (Wildman–Crippen MR) is 78.1 cm³/mol. The summed E-state index contributed by atoms with van der Waals surface area (Å²) in [6.07, 6.45) is 2.69. The Hall–Kier alpha value is -1.06. The molecule has 0 radical (unpaired) electrons. The Balaban J connectivity index is 2.24. The van der Waals surface area contributed by atoms with E-state index in [4.69, 9.17) is 0 Å². The van der Waals surface area contributed by atoms with Crippen molar-refractivity contribution in [3.8, 4) is 0 Å². The van der Waals surface area contributed by atoms with Crippen molar-refractivity contribution in [2.45, 2.75) is 18.3 Å². The van der Waals surface area contributed by atoms with E-state index in [-0.39, 0.29) is 11.5 Å². The molecule has 9 heteroatoms. The minimum absolute atomic E-state index is 0.264. The number of halogens is 4. The van der Waals surface area contributed by atoms with Crippen LogP contribution in [0.3, 0.4) is 0 Å². The molecule has 0 aliphatic carbocycles. The lowest BCUT2D eigenvalue weighted by Gasteiger charge is -2.30. The molecule has 0 saturated carbocycles. The molecule has 0 amide bonds. The monoisotopic (exact) mass is 358 g/mol. The molecule has 0 N–H and O–H groups in total. The largest absolute Gasteiger partial charge is 0.523 e. The quantitative estimate of drug-likeness (QED) is 0.599. The summed E-state index contributed by atoms with van der Waals surface area (Å²) in [7, 11) is -8.12. The van der Waals surface area contributed by atoms with Crippen LogP contribution in [-0.2, 0) is 13.7 Å². The van der Waals surface area contributed by atoms with Crippen molar-refractivity contribution in [2.24, 2.45) is 0 Å². The molecular formula is C13H14F4O3S2. The van der Waals surface area contributed by atoms with E-state index in [0.29, 0.717) is 18.4 Å². The van der Waals surface area contributed by atoms with Crippen LogP contribution in [0.2, 0.25) is 0 Å². The van der Waals surface area contributed by atoms with Crippen LogP contribution in [0.25, 0.3) is 6.08 Å². The smallest absolute Gasteiger partial charge is 0.209 e. The first-order valence-corrected chi connectivity index (χ1v) is 9.75. The molecule has 0 aromatic heterocycles.